The van der Waals surface area contributed by atoms with Gasteiger partial charge in [-0.25, -0.2) is 0 Å². The number of halogens is 1. The third-order valence-electron chi connectivity index (χ3n) is 3.58. The van der Waals surface area contributed by atoms with Crippen molar-refractivity contribution in [1.29, 1.82) is 0 Å². The van der Waals surface area contributed by atoms with Gasteiger partial charge in [-0.15, -0.1) is 0 Å². The second kappa shape index (κ2) is 6.57. The fourth-order valence-corrected chi connectivity index (χ4v) is 2.83. The molecular formula is C13H17FN2O5S. The summed E-state index contributed by atoms with van der Waals surface area (Å²) in [6.45, 7) is 2.42. The van der Waals surface area contributed by atoms with E-state index in [2.05, 4.69) is 9.17 Å². The Kier molecular flexibility index (Phi) is 4.97. The number of aromatic nitrogens is 1. The van der Waals surface area contributed by atoms with E-state index in [1.54, 1.807) is 12.0 Å². The van der Waals surface area contributed by atoms with Crippen LogP contribution < -0.4 is 4.18 Å². The lowest BCUT2D eigenvalue weighted by Gasteiger charge is -2.37. The van der Waals surface area contributed by atoms with E-state index in [4.69, 9.17) is 4.74 Å². The van der Waals surface area contributed by atoms with Crippen molar-refractivity contribution in [3.63, 3.8) is 0 Å². The van der Waals surface area contributed by atoms with Crippen molar-refractivity contribution >= 4 is 16.4 Å². The fourth-order valence-electron chi connectivity index (χ4n) is 2.51. The zero-order chi connectivity index (χ0) is 16.3. The van der Waals surface area contributed by atoms with Gasteiger partial charge in [-0.05, 0) is 25.8 Å². The average molecular weight is 332 g/mol. The van der Waals surface area contributed by atoms with Gasteiger partial charge in [-0.3, -0.25) is 9.78 Å². The minimum Gasteiger partial charge on any atom is -0.381 e. The molecule has 0 saturated carbocycles. The Labute approximate surface area is 128 Å². The first-order valence-corrected chi connectivity index (χ1v) is 8.04. The minimum atomic E-state index is -5.15. The summed E-state index contributed by atoms with van der Waals surface area (Å²) in [5.74, 6) is -0.649. The molecule has 1 aliphatic heterocycles. The van der Waals surface area contributed by atoms with Crippen molar-refractivity contribution in [2.75, 3.05) is 13.7 Å². The van der Waals surface area contributed by atoms with Gasteiger partial charge >= 0.3 is 10.5 Å². The molecule has 2 unspecified atom stereocenters. The highest BCUT2D eigenvalue weighted by molar-refractivity contribution is 7.81. The molecule has 0 aromatic carbocycles. The van der Waals surface area contributed by atoms with E-state index in [1.165, 1.54) is 6.20 Å². The molecule has 2 atom stereocenters. The van der Waals surface area contributed by atoms with E-state index in [9.17, 15) is 17.1 Å². The molecule has 1 amide bonds. The second-order valence-corrected chi connectivity index (χ2v) is 6.07. The highest BCUT2D eigenvalue weighted by Crippen LogP contribution is 2.23. The first kappa shape index (κ1) is 16.6. The first-order valence-electron chi connectivity index (χ1n) is 6.73. The summed E-state index contributed by atoms with van der Waals surface area (Å²) < 4.78 is 42.9. The van der Waals surface area contributed by atoms with E-state index in [1.807, 2.05) is 6.92 Å². The van der Waals surface area contributed by atoms with Crippen LogP contribution in [0.25, 0.3) is 0 Å². The standard InChI is InChI=1S/C13H17FN2O5S/c1-9-5-11(20-2)3-4-16(9)13(17)10-6-12(8-15-7-10)21-22(14,18)19/h6-9,11H,3-5H2,1-2H3. The molecule has 2 heterocycles. The number of carbonyl (C=O) groups is 1. The summed E-state index contributed by atoms with van der Waals surface area (Å²) in [4.78, 5) is 17.8. The third-order valence-corrected chi connectivity index (χ3v) is 3.97. The molecule has 1 aromatic heterocycles. The van der Waals surface area contributed by atoms with Gasteiger partial charge in [0, 0.05) is 25.9 Å². The largest absolute Gasteiger partial charge is 0.488 e. The van der Waals surface area contributed by atoms with Crippen LogP contribution >= 0.6 is 0 Å². The Bertz CT molecular complexity index is 652. The highest BCUT2D eigenvalue weighted by Gasteiger charge is 2.29. The Morgan fingerprint density at radius 1 is 1.45 bits per heavy atom. The molecule has 7 nitrogen and oxygen atoms in total. The molecule has 1 saturated heterocycles. The highest BCUT2D eigenvalue weighted by atomic mass is 32.3. The number of nitrogens with zero attached hydrogens (tertiary/aromatic N) is 2. The normalized spacial score (nSPS) is 22.4. The van der Waals surface area contributed by atoms with Gasteiger partial charge in [-0.2, -0.15) is 8.42 Å². The average Bonchev–Trinajstić information content (AvgIpc) is 2.45. The number of amides is 1. The summed E-state index contributed by atoms with van der Waals surface area (Å²) in [5.41, 5.74) is 0.142. The van der Waals surface area contributed by atoms with Crippen LogP contribution in [0.2, 0.25) is 0 Å². The fraction of sp³-hybridized carbons (Fsp3) is 0.538. The summed E-state index contributed by atoms with van der Waals surface area (Å²) in [6, 6.07) is 1.13. The maximum atomic E-state index is 12.5. The summed E-state index contributed by atoms with van der Waals surface area (Å²) in [6.07, 6.45) is 3.85. The van der Waals surface area contributed by atoms with Crippen LogP contribution in [0.15, 0.2) is 18.5 Å². The van der Waals surface area contributed by atoms with E-state index >= 15 is 0 Å². The molecule has 1 aromatic rings. The van der Waals surface area contributed by atoms with Crippen LogP contribution in [0.1, 0.15) is 30.1 Å². The van der Waals surface area contributed by atoms with Crippen LogP contribution in [-0.4, -0.2) is 50.0 Å². The van der Waals surface area contributed by atoms with Gasteiger partial charge in [0.05, 0.1) is 17.9 Å². The Morgan fingerprint density at radius 3 is 2.77 bits per heavy atom. The van der Waals surface area contributed by atoms with Gasteiger partial charge in [0.15, 0.2) is 5.75 Å². The van der Waals surface area contributed by atoms with Crippen LogP contribution in [0.4, 0.5) is 3.89 Å². The molecule has 0 spiro atoms. The lowest BCUT2D eigenvalue weighted by molar-refractivity contribution is 0.0159. The van der Waals surface area contributed by atoms with Crippen molar-refractivity contribution in [2.24, 2.45) is 0 Å². The molecule has 9 heteroatoms. The van der Waals surface area contributed by atoms with Crippen LogP contribution in [-0.2, 0) is 15.2 Å². The zero-order valence-corrected chi connectivity index (χ0v) is 13.0. The first-order chi connectivity index (χ1) is 10.3. The third kappa shape index (κ3) is 4.14. The number of pyridine rings is 1. The summed E-state index contributed by atoms with van der Waals surface area (Å²) >= 11 is 0. The van der Waals surface area contributed by atoms with Crippen molar-refractivity contribution in [1.82, 2.24) is 9.88 Å². The molecule has 2 rings (SSSR count). The minimum absolute atomic E-state index is 0.0271. The van der Waals surface area contributed by atoms with Gasteiger partial charge in [0.2, 0.25) is 0 Å². The van der Waals surface area contributed by atoms with Gasteiger partial charge < -0.3 is 13.8 Å². The number of methoxy groups -OCH3 is 1. The molecule has 0 aliphatic carbocycles. The van der Waals surface area contributed by atoms with E-state index < -0.39 is 10.5 Å². The molecule has 0 N–H and O–H groups in total. The van der Waals surface area contributed by atoms with E-state index in [0.717, 1.165) is 18.7 Å². The van der Waals surface area contributed by atoms with Crippen molar-refractivity contribution in [2.45, 2.75) is 31.9 Å². The predicted octanol–water partition coefficient (Wildman–Crippen LogP) is 1.31. The van der Waals surface area contributed by atoms with Crippen LogP contribution in [0.3, 0.4) is 0 Å². The lowest BCUT2D eigenvalue weighted by Crippen LogP contribution is -2.46. The van der Waals surface area contributed by atoms with Crippen molar-refractivity contribution < 1.29 is 26.0 Å². The van der Waals surface area contributed by atoms with E-state index in [0.29, 0.717) is 13.0 Å². The van der Waals surface area contributed by atoms with Crippen molar-refractivity contribution in [3.05, 3.63) is 24.0 Å². The number of ether oxygens (including phenoxy) is 1. The van der Waals surface area contributed by atoms with Crippen LogP contribution in [0.5, 0.6) is 5.75 Å². The molecule has 0 bridgehead atoms. The number of piperidine rings is 1. The van der Waals surface area contributed by atoms with E-state index in [-0.39, 0.29) is 29.4 Å². The maximum absolute atomic E-state index is 12.5. The SMILES string of the molecule is COC1CCN(C(=O)c2cncc(OS(=O)(=O)F)c2)C(C)C1. The molecule has 22 heavy (non-hydrogen) atoms. The molecular weight excluding hydrogens is 315 g/mol. The number of rotatable bonds is 4. The summed E-state index contributed by atoms with van der Waals surface area (Å²) in [7, 11) is -3.51. The smallest absolute Gasteiger partial charge is 0.381 e. The molecule has 122 valence electrons. The second-order valence-electron chi connectivity index (χ2n) is 5.12. The zero-order valence-electron chi connectivity index (χ0n) is 12.2. The monoisotopic (exact) mass is 332 g/mol. The number of hydrogen-bond donors (Lipinski definition) is 0. The number of likely N-dealkylation sites (tertiary alicyclic amines) is 1. The lowest BCUT2D eigenvalue weighted by atomic mass is 9.99. The Morgan fingerprint density at radius 2 is 2.18 bits per heavy atom. The molecule has 1 aliphatic rings. The van der Waals surface area contributed by atoms with Crippen molar-refractivity contribution in [3.8, 4) is 5.75 Å². The maximum Gasteiger partial charge on any atom is 0.488 e. The number of hydrogen-bond acceptors (Lipinski definition) is 6. The van der Waals surface area contributed by atoms with Gasteiger partial charge in [-0.1, -0.05) is 3.89 Å². The topological polar surface area (TPSA) is 85.8 Å². The summed E-state index contributed by atoms with van der Waals surface area (Å²) in [5, 5.41) is 0. The Balaban J connectivity index is 2.14. The van der Waals surface area contributed by atoms with Gasteiger partial charge in [0.25, 0.3) is 5.91 Å². The predicted molar refractivity (Wildman–Crippen MR) is 75.4 cm³/mol. The molecule has 0 radical (unpaired) electrons. The van der Waals surface area contributed by atoms with Gasteiger partial charge in [0.1, 0.15) is 0 Å². The molecule has 1 fully saturated rings. The number of carbonyl (C=O) groups excluding carboxylic acids is 1. The Hall–Kier alpha value is -1.74. The van der Waals surface area contributed by atoms with Crippen LogP contribution in [0, 0.1) is 0 Å². The quantitative estimate of drug-likeness (QED) is 0.773.